The Morgan fingerprint density at radius 1 is 1.36 bits per heavy atom. The molecule has 0 aliphatic carbocycles. The van der Waals surface area contributed by atoms with Crippen LogP contribution >= 0.6 is 0 Å². The molecule has 2 bridgehead atoms. The zero-order chi connectivity index (χ0) is 6.97. The fourth-order valence-corrected chi connectivity index (χ4v) is 1.90. The van der Waals surface area contributed by atoms with E-state index in [0.717, 1.165) is 12.3 Å². The molecule has 3 aliphatic rings. The van der Waals surface area contributed by atoms with Crippen LogP contribution in [0.2, 0.25) is 0 Å². The van der Waals surface area contributed by atoms with E-state index < -0.39 is 0 Å². The van der Waals surface area contributed by atoms with E-state index in [2.05, 4.69) is 10.1 Å². The van der Waals surface area contributed by atoms with Crippen LogP contribution in [-0.4, -0.2) is 35.5 Å². The highest BCUT2D eigenvalue weighted by Gasteiger charge is 2.30. The van der Waals surface area contributed by atoms with Crippen molar-refractivity contribution in [3.8, 4) is 0 Å². The van der Waals surface area contributed by atoms with Gasteiger partial charge in [-0.25, -0.2) is 0 Å². The van der Waals surface area contributed by atoms with Crippen molar-refractivity contribution in [2.45, 2.75) is 12.8 Å². The van der Waals surface area contributed by atoms with Gasteiger partial charge in [0.2, 0.25) is 0 Å². The van der Waals surface area contributed by atoms with Crippen molar-refractivity contribution < 1.29 is 17.6 Å². The minimum Gasteiger partial charge on any atom is -1.00 e. The summed E-state index contributed by atoms with van der Waals surface area (Å²) in [4.78, 5) is 2.34. The molecule has 0 aromatic rings. The van der Waals surface area contributed by atoms with Crippen molar-refractivity contribution in [3.05, 3.63) is 0 Å². The lowest BCUT2D eigenvalue weighted by atomic mass is 9.87. The molecule has 3 aliphatic heterocycles. The highest BCUT2D eigenvalue weighted by atomic mass is 35.5. The summed E-state index contributed by atoms with van der Waals surface area (Å²) in [5.41, 5.74) is 0.998. The monoisotopic (exact) mass is 175 g/mol. The molecule has 0 spiro atoms. The van der Waals surface area contributed by atoms with Gasteiger partial charge in [0.1, 0.15) is 0 Å². The SMILES string of the molecule is O/N=C1/CN2CCC1CC2.[Cl-]. The maximum absolute atomic E-state index is 8.57. The van der Waals surface area contributed by atoms with Crippen LogP contribution in [0.15, 0.2) is 5.16 Å². The third kappa shape index (κ3) is 1.49. The molecule has 0 radical (unpaired) electrons. The first-order valence-corrected chi connectivity index (χ1v) is 3.83. The van der Waals surface area contributed by atoms with E-state index in [0.29, 0.717) is 5.92 Å². The van der Waals surface area contributed by atoms with Gasteiger partial charge in [0.25, 0.3) is 0 Å². The molecule has 0 saturated carbocycles. The minimum absolute atomic E-state index is 0. The van der Waals surface area contributed by atoms with Crippen molar-refractivity contribution in [2.24, 2.45) is 11.1 Å². The third-order valence-corrected chi connectivity index (χ3v) is 2.57. The number of fused-ring (bicyclic) bond motifs is 3. The van der Waals surface area contributed by atoms with Gasteiger partial charge in [-0.3, -0.25) is 4.90 Å². The fourth-order valence-electron chi connectivity index (χ4n) is 1.90. The van der Waals surface area contributed by atoms with E-state index >= 15 is 0 Å². The number of rotatable bonds is 0. The smallest absolute Gasteiger partial charge is 0.0742 e. The lowest BCUT2D eigenvalue weighted by molar-refractivity contribution is -0.00000292. The summed E-state index contributed by atoms with van der Waals surface area (Å²) in [5, 5.41) is 11.9. The number of nitrogens with zero attached hydrogens (tertiary/aromatic N) is 2. The molecule has 0 amide bonds. The number of halogens is 1. The summed E-state index contributed by atoms with van der Waals surface area (Å²) in [5.74, 6) is 0.593. The first-order chi connectivity index (χ1) is 4.90. The molecule has 4 heteroatoms. The maximum atomic E-state index is 8.57. The quantitative estimate of drug-likeness (QED) is 0.328. The highest BCUT2D eigenvalue weighted by molar-refractivity contribution is 5.89. The standard InChI is InChI=1S/C7H12N2O.ClH/c10-8-7-5-9-3-1-6(7)2-4-9;/h6,10H,1-5H2;1H/p-1/b8-7-;. The van der Waals surface area contributed by atoms with Crippen LogP contribution in [0.4, 0.5) is 0 Å². The summed E-state index contributed by atoms with van der Waals surface area (Å²) in [6.07, 6.45) is 2.39. The molecule has 3 saturated heterocycles. The average Bonchev–Trinajstić information content (AvgIpc) is 2.06. The fraction of sp³-hybridized carbons (Fsp3) is 0.857. The predicted octanol–water partition coefficient (Wildman–Crippen LogP) is -2.45. The Labute approximate surface area is 72.5 Å². The van der Waals surface area contributed by atoms with Crippen LogP contribution < -0.4 is 12.4 Å². The largest absolute Gasteiger partial charge is 1.00 e. The first kappa shape index (κ1) is 8.81. The molecular formula is C7H12ClN2O-. The van der Waals surface area contributed by atoms with Gasteiger partial charge in [-0.2, -0.15) is 0 Å². The van der Waals surface area contributed by atoms with Crippen LogP contribution in [0.5, 0.6) is 0 Å². The van der Waals surface area contributed by atoms with Crippen LogP contribution in [0.25, 0.3) is 0 Å². The van der Waals surface area contributed by atoms with Crippen molar-refractivity contribution in [2.75, 3.05) is 19.6 Å². The molecule has 0 aromatic heterocycles. The summed E-state index contributed by atoms with van der Waals surface area (Å²) in [7, 11) is 0. The van der Waals surface area contributed by atoms with E-state index in [-0.39, 0.29) is 12.4 Å². The second kappa shape index (κ2) is 3.41. The molecule has 3 heterocycles. The molecule has 3 rings (SSSR count). The molecule has 1 N–H and O–H groups in total. The van der Waals surface area contributed by atoms with E-state index in [1.54, 1.807) is 0 Å². The lowest BCUT2D eigenvalue weighted by Gasteiger charge is -2.39. The number of piperidine rings is 3. The number of hydrogen-bond donors (Lipinski definition) is 1. The second-order valence-electron chi connectivity index (χ2n) is 3.14. The Hall–Kier alpha value is -0.280. The van der Waals surface area contributed by atoms with E-state index in [1.165, 1.54) is 25.9 Å². The third-order valence-electron chi connectivity index (χ3n) is 2.57. The minimum atomic E-state index is 0. The van der Waals surface area contributed by atoms with Crippen molar-refractivity contribution in [1.29, 1.82) is 0 Å². The van der Waals surface area contributed by atoms with Gasteiger partial charge in [0, 0.05) is 12.5 Å². The Kier molecular flexibility index (Phi) is 2.73. The Balaban J connectivity index is 0.000000605. The second-order valence-corrected chi connectivity index (χ2v) is 3.14. The van der Waals surface area contributed by atoms with E-state index in [4.69, 9.17) is 5.21 Å². The van der Waals surface area contributed by atoms with E-state index in [9.17, 15) is 0 Å². The Morgan fingerprint density at radius 3 is 2.27 bits per heavy atom. The summed E-state index contributed by atoms with van der Waals surface area (Å²) in [6, 6.07) is 0. The van der Waals surface area contributed by atoms with Crippen molar-refractivity contribution in [3.63, 3.8) is 0 Å². The van der Waals surface area contributed by atoms with Gasteiger partial charge in [-0.15, -0.1) is 0 Å². The number of oxime groups is 1. The van der Waals surface area contributed by atoms with Crippen LogP contribution in [0.3, 0.4) is 0 Å². The van der Waals surface area contributed by atoms with Crippen LogP contribution in [-0.2, 0) is 0 Å². The topological polar surface area (TPSA) is 35.8 Å². The van der Waals surface area contributed by atoms with Gasteiger partial charge in [-0.1, -0.05) is 5.16 Å². The Bertz CT molecular complexity index is 164. The maximum Gasteiger partial charge on any atom is 0.0742 e. The van der Waals surface area contributed by atoms with Gasteiger partial charge < -0.3 is 17.6 Å². The number of hydrogen-bond acceptors (Lipinski definition) is 3. The molecule has 64 valence electrons. The van der Waals surface area contributed by atoms with Crippen molar-refractivity contribution in [1.82, 2.24) is 4.90 Å². The Morgan fingerprint density at radius 2 is 2.00 bits per heavy atom. The normalized spacial score (nSPS) is 38.7. The molecule has 0 aromatic carbocycles. The van der Waals surface area contributed by atoms with Crippen LogP contribution in [0, 0.1) is 5.92 Å². The zero-order valence-corrected chi connectivity index (χ0v) is 7.09. The van der Waals surface area contributed by atoms with Gasteiger partial charge >= 0.3 is 0 Å². The lowest BCUT2D eigenvalue weighted by Crippen LogP contribution is -3.00. The van der Waals surface area contributed by atoms with Gasteiger partial charge in [-0.05, 0) is 25.9 Å². The molecule has 0 atom stereocenters. The average molecular weight is 176 g/mol. The molecule has 3 nitrogen and oxygen atoms in total. The molecule has 0 unspecified atom stereocenters. The molecule has 3 fully saturated rings. The summed E-state index contributed by atoms with van der Waals surface area (Å²) in [6.45, 7) is 3.30. The van der Waals surface area contributed by atoms with E-state index in [1.807, 2.05) is 0 Å². The van der Waals surface area contributed by atoms with Gasteiger partial charge in [0.15, 0.2) is 0 Å². The van der Waals surface area contributed by atoms with Crippen molar-refractivity contribution >= 4 is 5.71 Å². The summed E-state index contributed by atoms with van der Waals surface area (Å²) >= 11 is 0. The first-order valence-electron chi connectivity index (χ1n) is 3.83. The molecule has 11 heavy (non-hydrogen) atoms. The van der Waals surface area contributed by atoms with Gasteiger partial charge in [0.05, 0.1) is 5.71 Å². The van der Waals surface area contributed by atoms with Crippen LogP contribution in [0.1, 0.15) is 12.8 Å². The molecular weight excluding hydrogens is 164 g/mol. The predicted molar refractivity (Wildman–Crippen MR) is 38.4 cm³/mol. The highest BCUT2D eigenvalue weighted by Crippen LogP contribution is 2.24. The zero-order valence-electron chi connectivity index (χ0n) is 6.33. The summed E-state index contributed by atoms with van der Waals surface area (Å²) < 4.78 is 0.